The van der Waals surface area contributed by atoms with Gasteiger partial charge in [-0.25, -0.2) is 0 Å². The van der Waals surface area contributed by atoms with E-state index in [-0.39, 0.29) is 0 Å². The van der Waals surface area contributed by atoms with E-state index in [1.807, 2.05) is 12.1 Å². The van der Waals surface area contributed by atoms with Gasteiger partial charge in [0.1, 0.15) is 6.07 Å². The average molecular weight is 243 g/mol. The van der Waals surface area contributed by atoms with Crippen molar-refractivity contribution in [2.45, 2.75) is 26.8 Å². The predicted octanol–water partition coefficient (Wildman–Crippen LogP) is 2.40. The van der Waals surface area contributed by atoms with E-state index >= 15 is 0 Å². The van der Waals surface area contributed by atoms with Crippen LogP contribution >= 0.6 is 0 Å². The third-order valence-electron chi connectivity index (χ3n) is 3.66. The first-order chi connectivity index (χ1) is 8.61. The van der Waals surface area contributed by atoms with E-state index in [1.165, 1.54) is 5.56 Å². The van der Waals surface area contributed by atoms with Crippen LogP contribution in [0.3, 0.4) is 0 Å². The molecule has 0 atom stereocenters. The van der Waals surface area contributed by atoms with Gasteiger partial charge in [-0.15, -0.1) is 0 Å². The van der Waals surface area contributed by atoms with Gasteiger partial charge in [0.2, 0.25) is 0 Å². The fourth-order valence-corrected chi connectivity index (χ4v) is 2.48. The summed E-state index contributed by atoms with van der Waals surface area (Å²) in [4.78, 5) is 4.82. The molecule has 3 nitrogen and oxygen atoms in total. The Bertz CT molecular complexity index is 451. The predicted molar refractivity (Wildman–Crippen MR) is 74.8 cm³/mol. The van der Waals surface area contributed by atoms with Crippen LogP contribution in [0.5, 0.6) is 0 Å². The molecule has 1 fully saturated rings. The lowest BCUT2D eigenvalue weighted by Crippen LogP contribution is -2.49. The number of rotatable bonds is 2. The van der Waals surface area contributed by atoms with E-state index in [2.05, 4.69) is 42.7 Å². The number of aryl methyl sites for hydroxylation is 1. The number of anilines is 1. The van der Waals surface area contributed by atoms with E-state index in [1.54, 1.807) is 0 Å². The third kappa shape index (κ3) is 2.65. The Morgan fingerprint density at radius 2 is 1.83 bits per heavy atom. The SMILES string of the molecule is Cc1ccc(C#N)c(N2CCN(C(C)C)CC2)c1. The molecule has 1 aromatic rings. The minimum Gasteiger partial charge on any atom is -0.368 e. The van der Waals surface area contributed by atoms with Crippen molar-refractivity contribution in [3.8, 4) is 6.07 Å². The molecule has 18 heavy (non-hydrogen) atoms. The van der Waals surface area contributed by atoms with Gasteiger partial charge in [0.05, 0.1) is 11.3 Å². The Labute approximate surface area is 110 Å². The third-order valence-corrected chi connectivity index (χ3v) is 3.66. The zero-order valence-electron chi connectivity index (χ0n) is 11.5. The molecule has 0 saturated carbocycles. The standard InChI is InChI=1S/C15H21N3/c1-12(2)17-6-8-18(9-7-17)15-10-13(3)4-5-14(15)11-16/h4-5,10,12H,6-9H2,1-3H3. The molecule has 0 unspecified atom stereocenters. The van der Waals surface area contributed by atoms with Crippen LogP contribution in [0.4, 0.5) is 5.69 Å². The molecule has 0 aromatic heterocycles. The highest BCUT2D eigenvalue weighted by Gasteiger charge is 2.20. The van der Waals surface area contributed by atoms with Gasteiger partial charge < -0.3 is 4.90 Å². The quantitative estimate of drug-likeness (QED) is 0.799. The number of hydrogen-bond acceptors (Lipinski definition) is 3. The number of nitrogens with zero attached hydrogens (tertiary/aromatic N) is 3. The fourth-order valence-electron chi connectivity index (χ4n) is 2.48. The Balaban J connectivity index is 2.14. The van der Waals surface area contributed by atoms with Gasteiger partial charge >= 0.3 is 0 Å². The summed E-state index contributed by atoms with van der Waals surface area (Å²) < 4.78 is 0. The molecule has 2 rings (SSSR count). The Kier molecular flexibility index (Phi) is 3.88. The minimum absolute atomic E-state index is 0.611. The second kappa shape index (κ2) is 5.41. The Morgan fingerprint density at radius 3 is 2.39 bits per heavy atom. The molecule has 1 aliphatic heterocycles. The van der Waals surface area contributed by atoms with Crippen LogP contribution in [0.1, 0.15) is 25.0 Å². The molecular formula is C15H21N3. The van der Waals surface area contributed by atoms with Crippen LogP contribution in [0.2, 0.25) is 0 Å². The molecule has 0 aliphatic carbocycles. The molecule has 1 aromatic carbocycles. The molecule has 0 N–H and O–H groups in total. The van der Waals surface area contributed by atoms with E-state index < -0.39 is 0 Å². The zero-order valence-corrected chi connectivity index (χ0v) is 11.5. The normalized spacial score (nSPS) is 16.9. The molecule has 3 heteroatoms. The highest BCUT2D eigenvalue weighted by Crippen LogP contribution is 2.23. The first-order valence-corrected chi connectivity index (χ1v) is 6.61. The van der Waals surface area contributed by atoms with Gasteiger partial charge in [-0.3, -0.25) is 4.90 Å². The van der Waals surface area contributed by atoms with E-state index in [4.69, 9.17) is 0 Å². The highest BCUT2D eigenvalue weighted by molar-refractivity contribution is 5.61. The molecule has 0 amide bonds. The maximum Gasteiger partial charge on any atom is 0.101 e. The topological polar surface area (TPSA) is 30.3 Å². The monoisotopic (exact) mass is 243 g/mol. The lowest BCUT2D eigenvalue weighted by atomic mass is 10.1. The molecule has 0 spiro atoms. The molecular weight excluding hydrogens is 222 g/mol. The summed E-state index contributed by atoms with van der Waals surface area (Å²) in [5.74, 6) is 0. The van der Waals surface area contributed by atoms with Crippen molar-refractivity contribution in [2.24, 2.45) is 0 Å². The number of benzene rings is 1. The second-order valence-corrected chi connectivity index (χ2v) is 5.25. The zero-order chi connectivity index (χ0) is 13.1. The van der Waals surface area contributed by atoms with Gasteiger partial charge in [-0.2, -0.15) is 5.26 Å². The smallest absolute Gasteiger partial charge is 0.101 e. The van der Waals surface area contributed by atoms with Crippen molar-refractivity contribution in [3.63, 3.8) is 0 Å². The van der Waals surface area contributed by atoms with Crippen molar-refractivity contribution >= 4 is 5.69 Å². The molecule has 0 radical (unpaired) electrons. The van der Waals surface area contributed by atoms with Gasteiger partial charge in [0, 0.05) is 32.2 Å². The van der Waals surface area contributed by atoms with Crippen LogP contribution in [-0.2, 0) is 0 Å². The van der Waals surface area contributed by atoms with Crippen molar-refractivity contribution in [1.29, 1.82) is 5.26 Å². The second-order valence-electron chi connectivity index (χ2n) is 5.25. The number of piperazine rings is 1. The minimum atomic E-state index is 0.611. The van der Waals surface area contributed by atoms with Gasteiger partial charge in [0.15, 0.2) is 0 Å². The molecule has 96 valence electrons. The van der Waals surface area contributed by atoms with Crippen LogP contribution in [0.25, 0.3) is 0 Å². The largest absolute Gasteiger partial charge is 0.368 e. The van der Waals surface area contributed by atoms with E-state index in [0.29, 0.717) is 6.04 Å². The summed E-state index contributed by atoms with van der Waals surface area (Å²) in [5.41, 5.74) is 3.11. The van der Waals surface area contributed by atoms with Gasteiger partial charge in [-0.05, 0) is 38.5 Å². The lowest BCUT2D eigenvalue weighted by Gasteiger charge is -2.38. The molecule has 1 aliphatic rings. The number of hydrogen-bond donors (Lipinski definition) is 0. The van der Waals surface area contributed by atoms with Crippen molar-refractivity contribution in [1.82, 2.24) is 4.90 Å². The lowest BCUT2D eigenvalue weighted by molar-refractivity contribution is 0.209. The summed E-state index contributed by atoms with van der Waals surface area (Å²) >= 11 is 0. The van der Waals surface area contributed by atoms with Gasteiger partial charge in [0.25, 0.3) is 0 Å². The van der Waals surface area contributed by atoms with Gasteiger partial charge in [-0.1, -0.05) is 6.07 Å². The summed E-state index contributed by atoms with van der Waals surface area (Å²) in [5, 5.41) is 9.19. The molecule has 0 bridgehead atoms. The fraction of sp³-hybridized carbons (Fsp3) is 0.533. The number of nitriles is 1. The average Bonchev–Trinajstić information content (AvgIpc) is 2.39. The van der Waals surface area contributed by atoms with Crippen molar-refractivity contribution in [2.75, 3.05) is 31.1 Å². The highest BCUT2D eigenvalue weighted by atomic mass is 15.3. The van der Waals surface area contributed by atoms with E-state index in [9.17, 15) is 5.26 Å². The maximum absolute atomic E-state index is 9.19. The molecule has 1 saturated heterocycles. The molecule has 1 heterocycles. The summed E-state index contributed by atoms with van der Waals surface area (Å²) in [6.45, 7) is 10.7. The maximum atomic E-state index is 9.19. The first-order valence-electron chi connectivity index (χ1n) is 6.61. The summed E-state index contributed by atoms with van der Waals surface area (Å²) in [6, 6.07) is 8.97. The van der Waals surface area contributed by atoms with Crippen molar-refractivity contribution < 1.29 is 0 Å². The Morgan fingerprint density at radius 1 is 1.17 bits per heavy atom. The first kappa shape index (κ1) is 12.9. The van der Waals surface area contributed by atoms with Crippen LogP contribution in [0.15, 0.2) is 18.2 Å². The van der Waals surface area contributed by atoms with Crippen LogP contribution < -0.4 is 4.90 Å². The summed E-state index contributed by atoms with van der Waals surface area (Å²) in [6.07, 6.45) is 0. The summed E-state index contributed by atoms with van der Waals surface area (Å²) in [7, 11) is 0. The van der Waals surface area contributed by atoms with Crippen LogP contribution in [0, 0.1) is 18.3 Å². The van der Waals surface area contributed by atoms with Crippen molar-refractivity contribution in [3.05, 3.63) is 29.3 Å². The van der Waals surface area contributed by atoms with E-state index in [0.717, 1.165) is 37.4 Å². The van der Waals surface area contributed by atoms with Crippen LogP contribution in [-0.4, -0.2) is 37.1 Å². The Hall–Kier alpha value is -1.53.